The zero-order valence-corrected chi connectivity index (χ0v) is 10.2. The summed E-state index contributed by atoms with van der Waals surface area (Å²) >= 11 is 0. The number of methoxy groups -OCH3 is 1. The fraction of sp³-hybridized carbons (Fsp3) is 0.333. The van der Waals surface area contributed by atoms with Gasteiger partial charge in [0.05, 0.1) is 13.5 Å². The van der Waals surface area contributed by atoms with Crippen LogP contribution in [0, 0.1) is 6.92 Å². The van der Waals surface area contributed by atoms with Crippen LogP contribution in [0.3, 0.4) is 0 Å². The van der Waals surface area contributed by atoms with Crippen molar-refractivity contribution in [3.63, 3.8) is 0 Å². The molecule has 0 aliphatic carbocycles. The van der Waals surface area contributed by atoms with Crippen molar-refractivity contribution >= 4 is 17.9 Å². The molecule has 0 aliphatic rings. The molecule has 98 valence electrons. The minimum absolute atomic E-state index is 0.0363. The molecule has 0 bridgehead atoms. The summed E-state index contributed by atoms with van der Waals surface area (Å²) in [5.41, 5.74) is 0.555. The molecule has 0 atom stereocenters. The lowest BCUT2D eigenvalue weighted by Gasteiger charge is -2.10. The lowest BCUT2D eigenvalue weighted by molar-refractivity contribution is -0.136. The van der Waals surface area contributed by atoms with Crippen molar-refractivity contribution in [1.29, 1.82) is 0 Å². The summed E-state index contributed by atoms with van der Waals surface area (Å²) in [4.78, 5) is 14.2. The number of aromatic hydroxyl groups is 2. The summed E-state index contributed by atoms with van der Waals surface area (Å²) in [6, 6.07) is 1.26. The lowest BCUT2D eigenvalue weighted by Crippen LogP contribution is -1.93. The molecule has 0 amide bonds. The van der Waals surface area contributed by atoms with Crippen LogP contribution in [-0.2, 0) is 4.79 Å². The summed E-state index contributed by atoms with van der Waals surface area (Å²) in [7, 11) is 1.39. The molecule has 18 heavy (non-hydrogen) atoms. The minimum atomic E-state index is -0.917. The van der Waals surface area contributed by atoms with Crippen LogP contribution in [0.25, 0.3) is 0 Å². The minimum Gasteiger partial charge on any atom is -0.505 e. The van der Waals surface area contributed by atoms with E-state index in [2.05, 4.69) is 4.99 Å². The van der Waals surface area contributed by atoms with Crippen LogP contribution in [0.1, 0.15) is 18.4 Å². The van der Waals surface area contributed by atoms with Gasteiger partial charge in [-0.2, -0.15) is 0 Å². The second-order valence-electron chi connectivity index (χ2n) is 3.67. The van der Waals surface area contributed by atoms with Crippen LogP contribution in [0.4, 0.5) is 5.69 Å². The second-order valence-corrected chi connectivity index (χ2v) is 3.67. The van der Waals surface area contributed by atoms with Crippen LogP contribution in [0.2, 0.25) is 0 Å². The van der Waals surface area contributed by atoms with Gasteiger partial charge < -0.3 is 20.1 Å². The quantitative estimate of drug-likeness (QED) is 0.550. The van der Waals surface area contributed by atoms with Crippen molar-refractivity contribution in [3.8, 4) is 17.2 Å². The van der Waals surface area contributed by atoms with E-state index < -0.39 is 5.97 Å². The van der Waals surface area contributed by atoms with E-state index in [1.807, 2.05) is 0 Å². The third-order valence-electron chi connectivity index (χ3n) is 2.37. The van der Waals surface area contributed by atoms with Crippen molar-refractivity contribution in [2.24, 2.45) is 4.99 Å². The van der Waals surface area contributed by atoms with Crippen LogP contribution in [-0.4, -0.2) is 34.6 Å². The Labute approximate surface area is 104 Å². The molecule has 0 fully saturated rings. The SMILES string of the molecule is COc1c(O)cc(N=CCCC(=O)O)c(O)c1C. The average molecular weight is 253 g/mol. The average Bonchev–Trinajstić information content (AvgIpc) is 2.31. The maximum absolute atomic E-state index is 10.3. The van der Waals surface area contributed by atoms with E-state index in [0.717, 1.165) is 0 Å². The van der Waals surface area contributed by atoms with Gasteiger partial charge in [-0.25, -0.2) is 0 Å². The molecule has 0 spiro atoms. The number of ether oxygens (including phenoxy) is 1. The number of nitrogens with zero attached hydrogens (tertiary/aromatic N) is 1. The van der Waals surface area contributed by atoms with Crippen LogP contribution >= 0.6 is 0 Å². The summed E-state index contributed by atoms with van der Waals surface area (Å²) in [5.74, 6) is -0.953. The predicted octanol–water partition coefficient (Wildman–Crippen LogP) is 1.98. The van der Waals surface area contributed by atoms with Gasteiger partial charge in [-0.15, -0.1) is 0 Å². The van der Waals surface area contributed by atoms with Crippen molar-refractivity contribution < 1.29 is 24.9 Å². The molecule has 0 aliphatic heterocycles. The normalized spacial score (nSPS) is 10.8. The fourth-order valence-electron chi connectivity index (χ4n) is 1.46. The Balaban J connectivity index is 2.94. The first kappa shape index (κ1) is 13.8. The van der Waals surface area contributed by atoms with E-state index in [4.69, 9.17) is 9.84 Å². The highest BCUT2D eigenvalue weighted by Crippen LogP contribution is 2.42. The van der Waals surface area contributed by atoms with Crippen LogP contribution in [0.15, 0.2) is 11.1 Å². The molecule has 6 heteroatoms. The fourth-order valence-corrected chi connectivity index (χ4v) is 1.46. The van der Waals surface area contributed by atoms with Crippen molar-refractivity contribution in [2.75, 3.05) is 7.11 Å². The van der Waals surface area contributed by atoms with E-state index in [-0.39, 0.29) is 35.8 Å². The van der Waals surface area contributed by atoms with Gasteiger partial charge in [0.15, 0.2) is 11.5 Å². The Kier molecular flexibility index (Phi) is 4.53. The van der Waals surface area contributed by atoms with E-state index in [0.29, 0.717) is 5.56 Å². The standard InChI is InChI=1S/C12H15NO5/c1-7-11(17)8(6-9(14)12(7)18-2)13-5-3-4-10(15)16/h5-6,14,17H,3-4H2,1-2H3,(H,15,16). The molecule has 0 radical (unpaired) electrons. The highest BCUT2D eigenvalue weighted by molar-refractivity contribution is 5.75. The van der Waals surface area contributed by atoms with Crippen LogP contribution in [0.5, 0.6) is 17.2 Å². The molecular weight excluding hydrogens is 238 g/mol. The number of aliphatic carboxylic acids is 1. The number of phenols is 2. The lowest BCUT2D eigenvalue weighted by atomic mass is 10.1. The first-order valence-corrected chi connectivity index (χ1v) is 5.31. The number of carbonyl (C=O) groups is 1. The Hall–Kier alpha value is -2.24. The number of rotatable bonds is 5. The third kappa shape index (κ3) is 3.13. The van der Waals surface area contributed by atoms with E-state index in [1.165, 1.54) is 19.4 Å². The van der Waals surface area contributed by atoms with Gasteiger partial charge in [-0.3, -0.25) is 9.79 Å². The molecule has 0 heterocycles. The van der Waals surface area contributed by atoms with Gasteiger partial charge in [0, 0.05) is 17.8 Å². The Morgan fingerprint density at radius 2 is 2.17 bits per heavy atom. The van der Waals surface area contributed by atoms with E-state index >= 15 is 0 Å². The number of carboxylic acids is 1. The molecular formula is C12H15NO5. The number of hydrogen-bond donors (Lipinski definition) is 3. The van der Waals surface area contributed by atoms with Gasteiger partial charge in [-0.1, -0.05) is 0 Å². The third-order valence-corrected chi connectivity index (χ3v) is 2.37. The molecule has 1 aromatic rings. The van der Waals surface area contributed by atoms with Crippen molar-refractivity contribution in [2.45, 2.75) is 19.8 Å². The zero-order chi connectivity index (χ0) is 13.7. The first-order valence-electron chi connectivity index (χ1n) is 5.31. The van der Waals surface area contributed by atoms with Crippen molar-refractivity contribution in [1.82, 2.24) is 0 Å². The second kappa shape index (κ2) is 5.90. The van der Waals surface area contributed by atoms with Gasteiger partial charge in [0.1, 0.15) is 11.4 Å². The number of benzene rings is 1. The maximum Gasteiger partial charge on any atom is 0.303 e. The van der Waals surface area contributed by atoms with Crippen molar-refractivity contribution in [3.05, 3.63) is 11.6 Å². The van der Waals surface area contributed by atoms with Gasteiger partial charge in [-0.05, 0) is 13.3 Å². The topological polar surface area (TPSA) is 99.4 Å². The maximum atomic E-state index is 10.3. The molecule has 0 saturated heterocycles. The number of phenolic OH excluding ortho intramolecular Hbond substituents is 2. The molecule has 0 saturated carbocycles. The zero-order valence-electron chi connectivity index (χ0n) is 10.2. The Morgan fingerprint density at radius 3 is 2.72 bits per heavy atom. The van der Waals surface area contributed by atoms with Crippen LogP contribution < -0.4 is 4.74 Å². The monoisotopic (exact) mass is 253 g/mol. The highest BCUT2D eigenvalue weighted by atomic mass is 16.5. The van der Waals surface area contributed by atoms with E-state index in [9.17, 15) is 15.0 Å². The molecule has 6 nitrogen and oxygen atoms in total. The number of hydrogen-bond acceptors (Lipinski definition) is 5. The summed E-state index contributed by atoms with van der Waals surface area (Å²) in [6.07, 6.45) is 1.60. The summed E-state index contributed by atoms with van der Waals surface area (Å²) in [5, 5.41) is 27.9. The summed E-state index contributed by atoms with van der Waals surface area (Å²) in [6.45, 7) is 1.59. The van der Waals surface area contributed by atoms with E-state index in [1.54, 1.807) is 6.92 Å². The number of aliphatic imine (C=N–C) groups is 1. The van der Waals surface area contributed by atoms with Gasteiger partial charge >= 0.3 is 5.97 Å². The molecule has 0 aromatic heterocycles. The predicted molar refractivity (Wildman–Crippen MR) is 66.1 cm³/mol. The molecule has 1 rings (SSSR count). The molecule has 3 N–H and O–H groups in total. The van der Waals surface area contributed by atoms with Gasteiger partial charge in [0.25, 0.3) is 0 Å². The Bertz CT molecular complexity index is 482. The Morgan fingerprint density at radius 1 is 1.50 bits per heavy atom. The highest BCUT2D eigenvalue weighted by Gasteiger charge is 2.14. The number of carboxylic acid groups (broad SMARTS) is 1. The largest absolute Gasteiger partial charge is 0.505 e. The molecule has 0 unspecified atom stereocenters. The summed E-state index contributed by atoms with van der Waals surface area (Å²) < 4.78 is 4.93. The smallest absolute Gasteiger partial charge is 0.303 e. The molecule has 1 aromatic carbocycles. The van der Waals surface area contributed by atoms with Gasteiger partial charge in [0.2, 0.25) is 0 Å². The first-order chi connectivity index (χ1) is 8.47.